The summed E-state index contributed by atoms with van der Waals surface area (Å²) in [7, 11) is 0. The second-order valence-electron chi connectivity index (χ2n) is 4.48. The van der Waals surface area contributed by atoms with Crippen molar-refractivity contribution in [2.45, 2.75) is 39.2 Å². The summed E-state index contributed by atoms with van der Waals surface area (Å²) in [6.45, 7) is 4.73. The van der Waals surface area contributed by atoms with Crippen LogP contribution in [0.25, 0.3) is 0 Å². The first-order valence-electron chi connectivity index (χ1n) is 6.52. The summed E-state index contributed by atoms with van der Waals surface area (Å²) in [4.78, 5) is 14.0. The minimum absolute atomic E-state index is 0.0238. The van der Waals surface area contributed by atoms with E-state index in [1.165, 1.54) is 0 Å². The molecule has 0 radical (unpaired) electrons. The minimum Gasteiger partial charge on any atom is -0.399 e. The normalized spacial score (nSPS) is 12.2. The molecule has 1 atom stereocenters. The zero-order valence-electron chi connectivity index (χ0n) is 11.2. The monoisotopic (exact) mass is 249 g/mol. The Labute approximate surface area is 109 Å². The van der Waals surface area contributed by atoms with Crippen molar-refractivity contribution in [3.63, 3.8) is 0 Å². The van der Waals surface area contributed by atoms with Gasteiger partial charge in [-0.15, -0.1) is 0 Å². The summed E-state index contributed by atoms with van der Waals surface area (Å²) >= 11 is 0. The Morgan fingerprint density at radius 3 is 2.61 bits per heavy atom. The van der Waals surface area contributed by atoms with Gasteiger partial charge in [-0.3, -0.25) is 4.79 Å². The van der Waals surface area contributed by atoms with E-state index < -0.39 is 6.04 Å². The van der Waals surface area contributed by atoms with Crippen LogP contribution >= 0.6 is 0 Å². The van der Waals surface area contributed by atoms with E-state index in [4.69, 9.17) is 11.5 Å². The Bertz CT molecular complexity index is 392. The summed E-state index contributed by atoms with van der Waals surface area (Å²) in [5.41, 5.74) is 13.2. The third-order valence-corrected chi connectivity index (χ3v) is 2.81. The Morgan fingerprint density at radius 1 is 1.33 bits per heavy atom. The van der Waals surface area contributed by atoms with Crippen molar-refractivity contribution in [1.29, 1.82) is 0 Å². The average molecular weight is 249 g/mol. The van der Waals surface area contributed by atoms with Crippen LogP contribution in [0.2, 0.25) is 0 Å². The number of carbonyl (C=O) groups excluding carboxylic acids is 1. The predicted octanol–water partition coefficient (Wildman–Crippen LogP) is 2.14. The van der Waals surface area contributed by atoms with Crippen LogP contribution in [0.1, 0.15) is 33.1 Å². The van der Waals surface area contributed by atoms with E-state index in [9.17, 15) is 4.79 Å². The van der Waals surface area contributed by atoms with Crippen molar-refractivity contribution >= 4 is 17.3 Å². The molecule has 0 aliphatic rings. The lowest BCUT2D eigenvalue weighted by Gasteiger charge is -2.25. The minimum atomic E-state index is -0.428. The van der Waals surface area contributed by atoms with Gasteiger partial charge in [0.25, 0.3) is 0 Å². The fourth-order valence-corrected chi connectivity index (χ4v) is 1.92. The van der Waals surface area contributed by atoms with Crippen molar-refractivity contribution in [3.05, 3.63) is 24.3 Å². The zero-order valence-corrected chi connectivity index (χ0v) is 11.2. The standard InChI is InChI=1S/C14H23N3O/c1-3-6-13(16)14(18)17(9-4-2)12-8-5-7-11(15)10-12/h5,7-8,10,13H,3-4,6,9,15-16H2,1-2H3. The Morgan fingerprint density at radius 2 is 2.06 bits per heavy atom. The topological polar surface area (TPSA) is 72.4 Å². The highest BCUT2D eigenvalue weighted by Crippen LogP contribution is 2.19. The molecule has 4 heteroatoms. The van der Waals surface area contributed by atoms with Gasteiger partial charge < -0.3 is 16.4 Å². The molecule has 0 saturated carbocycles. The maximum atomic E-state index is 12.3. The molecule has 0 saturated heterocycles. The number of rotatable bonds is 6. The first-order valence-corrected chi connectivity index (χ1v) is 6.52. The van der Waals surface area contributed by atoms with Crippen LogP contribution in [0.5, 0.6) is 0 Å². The van der Waals surface area contributed by atoms with Gasteiger partial charge in [0.05, 0.1) is 6.04 Å². The molecule has 18 heavy (non-hydrogen) atoms. The molecule has 1 aromatic carbocycles. The molecule has 0 fully saturated rings. The third kappa shape index (κ3) is 3.74. The van der Waals surface area contributed by atoms with Crippen molar-refractivity contribution in [2.75, 3.05) is 17.2 Å². The van der Waals surface area contributed by atoms with E-state index in [0.717, 1.165) is 18.5 Å². The number of benzene rings is 1. The van der Waals surface area contributed by atoms with Gasteiger partial charge in [-0.25, -0.2) is 0 Å². The van der Waals surface area contributed by atoms with Gasteiger partial charge in [-0.1, -0.05) is 26.3 Å². The Hall–Kier alpha value is -1.55. The lowest BCUT2D eigenvalue weighted by molar-refractivity contribution is -0.120. The molecule has 4 nitrogen and oxygen atoms in total. The fraction of sp³-hybridized carbons (Fsp3) is 0.500. The second-order valence-corrected chi connectivity index (χ2v) is 4.48. The predicted molar refractivity (Wildman–Crippen MR) is 76.4 cm³/mol. The molecule has 1 aromatic rings. The Balaban J connectivity index is 2.91. The molecule has 0 aliphatic carbocycles. The highest BCUT2D eigenvalue weighted by Gasteiger charge is 2.21. The van der Waals surface area contributed by atoms with E-state index in [1.54, 1.807) is 4.90 Å². The molecule has 4 N–H and O–H groups in total. The first-order chi connectivity index (χ1) is 8.60. The van der Waals surface area contributed by atoms with E-state index in [0.29, 0.717) is 18.7 Å². The van der Waals surface area contributed by atoms with Gasteiger partial charge in [-0.05, 0) is 31.0 Å². The molecule has 0 aromatic heterocycles. The van der Waals surface area contributed by atoms with Gasteiger partial charge in [0.2, 0.25) is 5.91 Å². The van der Waals surface area contributed by atoms with Gasteiger partial charge in [0.1, 0.15) is 0 Å². The summed E-state index contributed by atoms with van der Waals surface area (Å²) in [6, 6.07) is 6.94. The molecule has 0 bridgehead atoms. The highest BCUT2D eigenvalue weighted by molar-refractivity contribution is 5.97. The lowest BCUT2D eigenvalue weighted by atomic mass is 10.1. The van der Waals surface area contributed by atoms with Gasteiger partial charge >= 0.3 is 0 Å². The summed E-state index contributed by atoms with van der Waals surface area (Å²) in [6.07, 6.45) is 2.50. The molecule has 1 unspecified atom stereocenters. The third-order valence-electron chi connectivity index (χ3n) is 2.81. The van der Waals surface area contributed by atoms with Crippen LogP contribution in [-0.4, -0.2) is 18.5 Å². The molecule has 1 amide bonds. The van der Waals surface area contributed by atoms with Crippen molar-refractivity contribution in [1.82, 2.24) is 0 Å². The number of nitrogens with zero attached hydrogens (tertiary/aromatic N) is 1. The summed E-state index contributed by atoms with van der Waals surface area (Å²) in [5.74, 6) is -0.0238. The van der Waals surface area contributed by atoms with Crippen LogP contribution in [0.3, 0.4) is 0 Å². The number of nitrogens with two attached hydrogens (primary N) is 2. The smallest absolute Gasteiger partial charge is 0.243 e. The van der Waals surface area contributed by atoms with E-state index >= 15 is 0 Å². The van der Waals surface area contributed by atoms with Crippen LogP contribution in [0.15, 0.2) is 24.3 Å². The van der Waals surface area contributed by atoms with Crippen LogP contribution in [0, 0.1) is 0 Å². The van der Waals surface area contributed by atoms with Gasteiger partial charge in [-0.2, -0.15) is 0 Å². The molecule has 0 spiro atoms. The average Bonchev–Trinajstić information content (AvgIpc) is 2.35. The lowest BCUT2D eigenvalue weighted by Crippen LogP contribution is -2.44. The zero-order chi connectivity index (χ0) is 13.5. The number of anilines is 2. The van der Waals surface area contributed by atoms with Crippen molar-refractivity contribution in [2.24, 2.45) is 5.73 Å². The number of nitrogen functional groups attached to an aromatic ring is 1. The van der Waals surface area contributed by atoms with Crippen LogP contribution in [0.4, 0.5) is 11.4 Å². The molecule has 1 rings (SSSR count). The summed E-state index contributed by atoms with van der Waals surface area (Å²) < 4.78 is 0. The van der Waals surface area contributed by atoms with Crippen molar-refractivity contribution in [3.8, 4) is 0 Å². The molecule has 0 heterocycles. The fourth-order valence-electron chi connectivity index (χ4n) is 1.92. The first kappa shape index (κ1) is 14.5. The SMILES string of the molecule is CCCC(N)C(=O)N(CCC)c1cccc(N)c1. The van der Waals surface area contributed by atoms with Crippen molar-refractivity contribution < 1.29 is 4.79 Å². The van der Waals surface area contributed by atoms with Crippen LogP contribution in [-0.2, 0) is 4.79 Å². The number of carbonyl (C=O) groups is 1. The number of hydrogen-bond acceptors (Lipinski definition) is 3. The van der Waals surface area contributed by atoms with E-state index in [-0.39, 0.29) is 5.91 Å². The molecular weight excluding hydrogens is 226 g/mol. The Kier molecular flexibility index (Phi) is 5.65. The van der Waals surface area contributed by atoms with Crippen LogP contribution < -0.4 is 16.4 Å². The molecular formula is C14H23N3O. The maximum absolute atomic E-state index is 12.3. The van der Waals surface area contributed by atoms with Gasteiger partial charge in [0, 0.05) is 17.9 Å². The molecule has 0 aliphatic heterocycles. The van der Waals surface area contributed by atoms with E-state index in [2.05, 4.69) is 0 Å². The quantitative estimate of drug-likeness (QED) is 0.759. The van der Waals surface area contributed by atoms with E-state index in [1.807, 2.05) is 38.1 Å². The number of hydrogen-bond donors (Lipinski definition) is 2. The molecule has 100 valence electrons. The largest absolute Gasteiger partial charge is 0.399 e. The number of amides is 1. The second kappa shape index (κ2) is 7.01. The maximum Gasteiger partial charge on any atom is 0.243 e. The summed E-state index contributed by atoms with van der Waals surface area (Å²) in [5, 5.41) is 0. The highest BCUT2D eigenvalue weighted by atomic mass is 16.2. The van der Waals surface area contributed by atoms with Gasteiger partial charge in [0.15, 0.2) is 0 Å².